The highest BCUT2D eigenvalue weighted by Gasteiger charge is 1.98. The molecule has 2 nitrogen and oxygen atoms in total. The first-order valence-electron chi connectivity index (χ1n) is 8.93. The minimum Gasteiger partial charge on any atom is -0.466 e. The molecule has 0 saturated heterocycles. The van der Waals surface area contributed by atoms with Crippen LogP contribution in [-0.2, 0) is 9.53 Å². The van der Waals surface area contributed by atoms with Crippen molar-refractivity contribution < 1.29 is 9.53 Å². The molecule has 0 rings (SSSR count). The SMILES string of the molecule is CCCCC/C=C\C=C/CCC/C=C/CCCC(=O)OCC. The molecule has 0 spiro atoms. The van der Waals surface area contributed by atoms with Crippen LogP contribution in [0.15, 0.2) is 36.5 Å². The molecule has 0 radical (unpaired) electrons. The predicted molar refractivity (Wildman–Crippen MR) is 95.9 cm³/mol. The summed E-state index contributed by atoms with van der Waals surface area (Å²) in [5.74, 6) is -0.0798. The highest BCUT2D eigenvalue weighted by Crippen LogP contribution is 2.03. The van der Waals surface area contributed by atoms with Crippen LogP contribution in [-0.4, -0.2) is 12.6 Å². The van der Waals surface area contributed by atoms with E-state index >= 15 is 0 Å². The second-order valence-electron chi connectivity index (χ2n) is 5.45. The van der Waals surface area contributed by atoms with Crippen molar-refractivity contribution >= 4 is 5.97 Å². The lowest BCUT2D eigenvalue weighted by Gasteiger charge is -1.99. The number of hydrogen-bond donors (Lipinski definition) is 0. The van der Waals surface area contributed by atoms with E-state index in [1.807, 2.05) is 6.92 Å². The largest absolute Gasteiger partial charge is 0.466 e. The Kier molecular flexibility index (Phi) is 16.7. The summed E-state index contributed by atoms with van der Waals surface area (Å²) < 4.78 is 4.88. The standard InChI is InChI=1S/C20H34O2/c1-3-5-6-7-8-9-10-11-12-13-14-15-16-17-18-19-20(21)22-4-2/h8-11,15-16H,3-7,12-14,17-19H2,1-2H3/b9-8-,11-10-,16-15+. The van der Waals surface area contributed by atoms with Gasteiger partial charge in [0.25, 0.3) is 0 Å². The van der Waals surface area contributed by atoms with Crippen LogP contribution in [0.3, 0.4) is 0 Å². The molecule has 0 saturated carbocycles. The Labute approximate surface area is 137 Å². The van der Waals surface area contributed by atoms with E-state index in [1.165, 1.54) is 32.1 Å². The van der Waals surface area contributed by atoms with Crippen LogP contribution < -0.4 is 0 Å². The summed E-state index contributed by atoms with van der Waals surface area (Å²) in [6.45, 7) is 4.56. The zero-order valence-electron chi connectivity index (χ0n) is 14.6. The third kappa shape index (κ3) is 16.7. The number of allylic oxidation sites excluding steroid dienone is 6. The second kappa shape index (κ2) is 17.7. The van der Waals surface area contributed by atoms with Crippen molar-refractivity contribution in [1.82, 2.24) is 0 Å². The van der Waals surface area contributed by atoms with Crippen LogP contribution in [0.25, 0.3) is 0 Å². The fourth-order valence-corrected chi connectivity index (χ4v) is 2.05. The molecular formula is C20H34O2. The number of carbonyl (C=O) groups is 1. The van der Waals surface area contributed by atoms with Crippen molar-refractivity contribution in [3.8, 4) is 0 Å². The van der Waals surface area contributed by atoms with Crippen molar-refractivity contribution in [2.24, 2.45) is 0 Å². The average molecular weight is 306 g/mol. The second-order valence-corrected chi connectivity index (χ2v) is 5.45. The van der Waals surface area contributed by atoms with Gasteiger partial charge in [0.1, 0.15) is 0 Å². The molecule has 2 heteroatoms. The quantitative estimate of drug-likeness (QED) is 0.167. The molecule has 0 bridgehead atoms. The Balaban J connectivity index is 3.34. The van der Waals surface area contributed by atoms with Gasteiger partial charge in [-0.3, -0.25) is 4.79 Å². The number of rotatable bonds is 14. The van der Waals surface area contributed by atoms with Gasteiger partial charge >= 0.3 is 5.97 Å². The molecule has 0 atom stereocenters. The minimum absolute atomic E-state index is 0.0798. The average Bonchev–Trinajstić information content (AvgIpc) is 2.51. The van der Waals surface area contributed by atoms with Crippen molar-refractivity contribution in [2.75, 3.05) is 6.61 Å². The van der Waals surface area contributed by atoms with Crippen molar-refractivity contribution in [2.45, 2.75) is 78.1 Å². The molecule has 0 N–H and O–H groups in total. The summed E-state index contributed by atoms with van der Waals surface area (Å²) >= 11 is 0. The van der Waals surface area contributed by atoms with Crippen LogP contribution in [0.2, 0.25) is 0 Å². The summed E-state index contributed by atoms with van der Waals surface area (Å²) in [6, 6.07) is 0. The maximum absolute atomic E-state index is 11.1. The lowest BCUT2D eigenvalue weighted by Crippen LogP contribution is -2.02. The van der Waals surface area contributed by atoms with Gasteiger partial charge in [0, 0.05) is 6.42 Å². The molecule has 126 valence electrons. The number of carbonyl (C=O) groups excluding carboxylic acids is 1. The normalized spacial score (nSPS) is 11.9. The molecule has 0 aliphatic rings. The van der Waals surface area contributed by atoms with Crippen molar-refractivity contribution in [3.05, 3.63) is 36.5 Å². The Morgan fingerprint density at radius 3 is 2.00 bits per heavy atom. The summed E-state index contributed by atoms with van der Waals surface area (Å²) in [7, 11) is 0. The van der Waals surface area contributed by atoms with Crippen LogP contribution >= 0.6 is 0 Å². The van der Waals surface area contributed by atoms with Crippen molar-refractivity contribution in [3.63, 3.8) is 0 Å². The molecule has 22 heavy (non-hydrogen) atoms. The van der Waals surface area contributed by atoms with E-state index in [0.29, 0.717) is 13.0 Å². The van der Waals surface area contributed by atoms with Crippen molar-refractivity contribution in [1.29, 1.82) is 0 Å². The van der Waals surface area contributed by atoms with Gasteiger partial charge in [-0.25, -0.2) is 0 Å². The van der Waals surface area contributed by atoms with Gasteiger partial charge in [-0.2, -0.15) is 0 Å². The first-order valence-corrected chi connectivity index (χ1v) is 8.93. The monoisotopic (exact) mass is 306 g/mol. The van der Waals surface area contributed by atoms with E-state index in [9.17, 15) is 4.79 Å². The number of unbranched alkanes of at least 4 members (excludes halogenated alkanes) is 6. The van der Waals surface area contributed by atoms with Gasteiger partial charge < -0.3 is 4.74 Å². The lowest BCUT2D eigenvalue weighted by molar-refractivity contribution is -0.143. The maximum Gasteiger partial charge on any atom is 0.305 e. The first-order chi connectivity index (χ1) is 10.8. The minimum atomic E-state index is -0.0798. The summed E-state index contributed by atoms with van der Waals surface area (Å²) in [6.07, 6.45) is 24.2. The number of hydrogen-bond acceptors (Lipinski definition) is 2. The molecular weight excluding hydrogens is 272 g/mol. The van der Waals surface area contributed by atoms with Gasteiger partial charge in [-0.1, -0.05) is 56.2 Å². The Morgan fingerprint density at radius 1 is 0.773 bits per heavy atom. The van der Waals surface area contributed by atoms with Gasteiger partial charge in [0.15, 0.2) is 0 Å². The molecule has 0 aliphatic carbocycles. The van der Waals surface area contributed by atoms with Crippen LogP contribution in [0.4, 0.5) is 0 Å². The third-order valence-corrected chi connectivity index (χ3v) is 3.32. The molecule has 0 aromatic carbocycles. The molecule has 0 unspecified atom stereocenters. The molecule has 0 heterocycles. The van der Waals surface area contributed by atoms with Gasteiger partial charge in [-0.15, -0.1) is 0 Å². The Bertz CT molecular complexity index is 327. The maximum atomic E-state index is 11.1. The summed E-state index contributed by atoms with van der Waals surface area (Å²) in [5, 5.41) is 0. The zero-order chi connectivity index (χ0) is 16.3. The highest BCUT2D eigenvalue weighted by molar-refractivity contribution is 5.69. The molecule has 0 aromatic rings. The van der Waals surface area contributed by atoms with E-state index in [4.69, 9.17) is 4.74 Å². The number of ether oxygens (including phenoxy) is 1. The lowest BCUT2D eigenvalue weighted by atomic mass is 10.1. The van der Waals surface area contributed by atoms with E-state index in [0.717, 1.165) is 25.7 Å². The fraction of sp³-hybridized carbons (Fsp3) is 0.650. The molecule has 0 amide bonds. The molecule has 0 fully saturated rings. The van der Waals surface area contributed by atoms with Gasteiger partial charge in [0.2, 0.25) is 0 Å². The van der Waals surface area contributed by atoms with E-state index in [2.05, 4.69) is 43.4 Å². The smallest absolute Gasteiger partial charge is 0.305 e. The predicted octanol–water partition coefficient (Wildman–Crippen LogP) is 6.14. The van der Waals surface area contributed by atoms with Gasteiger partial charge in [-0.05, 0) is 51.9 Å². The summed E-state index contributed by atoms with van der Waals surface area (Å²) in [5.41, 5.74) is 0. The highest BCUT2D eigenvalue weighted by atomic mass is 16.5. The topological polar surface area (TPSA) is 26.3 Å². The van der Waals surface area contributed by atoms with E-state index < -0.39 is 0 Å². The van der Waals surface area contributed by atoms with E-state index in [-0.39, 0.29) is 5.97 Å². The fourth-order valence-electron chi connectivity index (χ4n) is 2.05. The van der Waals surface area contributed by atoms with E-state index in [1.54, 1.807) is 0 Å². The zero-order valence-corrected chi connectivity index (χ0v) is 14.6. The molecule has 0 aromatic heterocycles. The molecule has 0 aliphatic heterocycles. The number of esters is 1. The third-order valence-electron chi connectivity index (χ3n) is 3.32. The van der Waals surface area contributed by atoms with Crippen LogP contribution in [0, 0.1) is 0 Å². The Hall–Kier alpha value is -1.31. The van der Waals surface area contributed by atoms with Gasteiger partial charge in [0.05, 0.1) is 6.61 Å². The van der Waals surface area contributed by atoms with Crippen LogP contribution in [0.5, 0.6) is 0 Å². The van der Waals surface area contributed by atoms with Crippen LogP contribution in [0.1, 0.15) is 78.1 Å². The summed E-state index contributed by atoms with van der Waals surface area (Å²) in [4.78, 5) is 11.1. The first kappa shape index (κ1) is 20.7. The Morgan fingerprint density at radius 2 is 1.36 bits per heavy atom.